The number of aromatic nitrogens is 1. The third kappa shape index (κ3) is 3.15. The van der Waals surface area contributed by atoms with Crippen LogP contribution in [0.5, 0.6) is 5.75 Å². The summed E-state index contributed by atoms with van der Waals surface area (Å²) in [7, 11) is 0. The number of anilines is 1. The van der Waals surface area contributed by atoms with Crippen LogP contribution in [0.25, 0.3) is 10.9 Å². The smallest absolute Gasteiger partial charge is 0.130 e. The van der Waals surface area contributed by atoms with Gasteiger partial charge in [0.25, 0.3) is 0 Å². The monoisotopic (exact) mass is 259 g/mol. The Bertz CT molecular complexity index is 538. The third-order valence-corrected chi connectivity index (χ3v) is 3.32. The van der Waals surface area contributed by atoms with Gasteiger partial charge in [-0.15, -0.1) is 0 Å². The van der Waals surface area contributed by atoms with Crippen molar-refractivity contribution in [3.63, 3.8) is 0 Å². The van der Waals surface area contributed by atoms with E-state index in [2.05, 4.69) is 23.7 Å². The number of hydrogen-bond donors (Lipinski definition) is 1. The standard InChI is InChI=1S/C15H21N3O/c1-3-18(4-2)10-11-19-14-8-9-17-15-12(14)6-5-7-13(15)16/h5-9H,3-4,10-11,16H2,1-2H3. The largest absolute Gasteiger partial charge is 0.491 e. The molecule has 4 nitrogen and oxygen atoms in total. The zero-order chi connectivity index (χ0) is 13.7. The van der Waals surface area contributed by atoms with Crippen LogP contribution in [0.1, 0.15) is 13.8 Å². The van der Waals surface area contributed by atoms with Crippen LogP contribution < -0.4 is 10.5 Å². The second-order valence-corrected chi connectivity index (χ2v) is 4.43. The molecule has 0 fully saturated rings. The molecule has 0 saturated carbocycles. The number of ether oxygens (including phenoxy) is 1. The number of fused-ring (bicyclic) bond motifs is 1. The molecule has 0 spiro atoms. The molecule has 2 N–H and O–H groups in total. The lowest BCUT2D eigenvalue weighted by molar-refractivity contribution is 0.224. The second kappa shape index (κ2) is 6.38. The summed E-state index contributed by atoms with van der Waals surface area (Å²) in [6, 6.07) is 7.67. The maximum absolute atomic E-state index is 5.92. The second-order valence-electron chi connectivity index (χ2n) is 4.43. The van der Waals surface area contributed by atoms with Crippen LogP contribution in [-0.2, 0) is 0 Å². The molecule has 1 aromatic heterocycles. The number of nitrogen functional groups attached to an aromatic ring is 1. The first-order chi connectivity index (χ1) is 9.26. The lowest BCUT2D eigenvalue weighted by atomic mass is 10.2. The van der Waals surface area contributed by atoms with Crippen LogP contribution in [0.15, 0.2) is 30.5 Å². The van der Waals surface area contributed by atoms with Crippen LogP contribution in [0.4, 0.5) is 5.69 Å². The van der Waals surface area contributed by atoms with E-state index in [1.54, 1.807) is 6.20 Å². The first-order valence-electron chi connectivity index (χ1n) is 6.74. The number of para-hydroxylation sites is 1. The van der Waals surface area contributed by atoms with Crippen molar-refractivity contribution in [3.8, 4) is 5.75 Å². The van der Waals surface area contributed by atoms with Gasteiger partial charge in [-0.2, -0.15) is 0 Å². The van der Waals surface area contributed by atoms with Gasteiger partial charge in [-0.1, -0.05) is 19.9 Å². The molecule has 0 aliphatic rings. The highest BCUT2D eigenvalue weighted by atomic mass is 16.5. The summed E-state index contributed by atoms with van der Waals surface area (Å²) >= 11 is 0. The minimum Gasteiger partial charge on any atom is -0.491 e. The first-order valence-corrected chi connectivity index (χ1v) is 6.74. The normalized spacial score (nSPS) is 11.1. The van der Waals surface area contributed by atoms with E-state index in [0.29, 0.717) is 12.3 Å². The summed E-state index contributed by atoms with van der Waals surface area (Å²) in [6.07, 6.45) is 1.74. The van der Waals surface area contributed by atoms with Crippen molar-refractivity contribution in [2.75, 3.05) is 32.0 Å². The summed E-state index contributed by atoms with van der Waals surface area (Å²) in [4.78, 5) is 6.63. The van der Waals surface area contributed by atoms with Crippen molar-refractivity contribution in [2.45, 2.75) is 13.8 Å². The van der Waals surface area contributed by atoms with Gasteiger partial charge in [0.1, 0.15) is 12.4 Å². The van der Waals surface area contributed by atoms with Gasteiger partial charge < -0.3 is 15.4 Å². The number of likely N-dealkylation sites (N-methyl/N-ethyl adjacent to an activating group) is 1. The fourth-order valence-electron chi connectivity index (χ4n) is 2.12. The quantitative estimate of drug-likeness (QED) is 0.810. The Hall–Kier alpha value is -1.81. The van der Waals surface area contributed by atoms with Crippen LogP contribution >= 0.6 is 0 Å². The van der Waals surface area contributed by atoms with Crippen LogP contribution in [0.2, 0.25) is 0 Å². The van der Waals surface area contributed by atoms with Crippen LogP contribution in [0, 0.1) is 0 Å². The van der Waals surface area contributed by atoms with E-state index in [-0.39, 0.29) is 0 Å². The molecule has 0 bridgehead atoms. The summed E-state index contributed by atoms with van der Waals surface area (Å²) in [5.41, 5.74) is 7.41. The van der Waals surface area contributed by atoms with Gasteiger partial charge in [-0.25, -0.2) is 0 Å². The molecule has 0 radical (unpaired) electrons. The van der Waals surface area contributed by atoms with E-state index in [1.165, 1.54) is 0 Å². The van der Waals surface area contributed by atoms with Crippen molar-refractivity contribution in [1.82, 2.24) is 9.88 Å². The van der Waals surface area contributed by atoms with Crippen LogP contribution in [-0.4, -0.2) is 36.1 Å². The molecule has 0 atom stereocenters. The topological polar surface area (TPSA) is 51.4 Å². The van der Waals surface area contributed by atoms with E-state index in [9.17, 15) is 0 Å². The molecule has 0 saturated heterocycles. The van der Waals surface area contributed by atoms with E-state index in [0.717, 1.165) is 36.3 Å². The summed E-state index contributed by atoms with van der Waals surface area (Å²) in [5.74, 6) is 0.851. The molecule has 102 valence electrons. The van der Waals surface area contributed by atoms with Gasteiger partial charge in [0.05, 0.1) is 11.2 Å². The van der Waals surface area contributed by atoms with Gasteiger partial charge in [-0.3, -0.25) is 4.98 Å². The van der Waals surface area contributed by atoms with Gasteiger partial charge >= 0.3 is 0 Å². The fraction of sp³-hybridized carbons (Fsp3) is 0.400. The molecule has 0 aliphatic heterocycles. The van der Waals surface area contributed by atoms with Crippen molar-refractivity contribution in [3.05, 3.63) is 30.5 Å². The molecule has 0 aliphatic carbocycles. The lowest BCUT2D eigenvalue weighted by Crippen LogP contribution is -2.27. The summed E-state index contributed by atoms with van der Waals surface area (Å²) in [5, 5.41) is 0.974. The highest BCUT2D eigenvalue weighted by molar-refractivity contribution is 5.93. The average molecular weight is 259 g/mol. The zero-order valence-corrected chi connectivity index (χ0v) is 11.6. The molecule has 2 rings (SSSR count). The molecule has 0 amide bonds. The molecular weight excluding hydrogens is 238 g/mol. The predicted octanol–water partition coefficient (Wildman–Crippen LogP) is 2.54. The minimum atomic E-state index is 0.676. The number of benzene rings is 1. The fourth-order valence-corrected chi connectivity index (χ4v) is 2.12. The lowest BCUT2D eigenvalue weighted by Gasteiger charge is -2.18. The van der Waals surface area contributed by atoms with Crippen molar-refractivity contribution < 1.29 is 4.74 Å². The van der Waals surface area contributed by atoms with E-state index in [1.807, 2.05) is 24.3 Å². The number of nitrogens with zero attached hydrogens (tertiary/aromatic N) is 2. The maximum atomic E-state index is 5.92. The maximum Gasteiger partial charge on any atom is 0.130 e. The number of pyridine rings is 1. The highest BCUT2D eigenvalue weighted by Gasteiger charge is 2.06. The summed E-state index contributed by atoms with van der Waals surface area (Å²) < 4.78 is 5.87. The van der Waals surface area contributed by atoms with Gasteiger partial charge in [-0.05, 0) is 31.3 Å². The van der Waals surface area contributed by atoms with Crippen molar-refractivity contribution in [2.24, 2.45) is 0 Å². The number of nitrogens with two attached hydrogens (primary N) is 1. The molecule has 2 aromatic rings. The zero-order valence-electron chi connectivity index (χ0n) is 11.6. The predicted molar refractivity (Wildman–Crippen MR) is 79.4 cm³/mol. The number of rotatable bonds is 6. The van der Waals surface area contributed by atoms with Gasteiger partial charge in [0.15, 0.2) is 0 Å². The molecule has 19 heavy (non-hydrogen) atoms. The Balaban J connectivity index is 2.11. The molecule has 1 heterocycles. The highest BCUT2D eigenvalue weighted by Crippen LogP contribution is 2.27. The SMILES string of the molecule is CCN(CC)CCOc1ccnc2c(N)cccc12. The van der Waals surface area contributed by atoms with E-state index >= 15 is 0 Å². The third-order valence-electron chi connectivity index (χ3n) is 3.32. The summed E-state index contributed by atoms with van der Waals surface area (Å²) in [6.45, 7) is 8.01. The van der Waals surface area contributed by atoms with Crippen LogP contribution in [0.3, 0.4) is 0 Å². The molecule has 0 unspecified atom stereocenters. The Kier molecular flexibility index (Phi) is 4.58. The molecule has 1 aromatic carbocycles. The van der Waals surface area contributed by atoms with Gasteiger partial charge in [0.2, 0.25) is 0 Å². The Morgan fingerprint density at radius 2 is 2.00 bits per heavy atom. The van der Waals surface area contributed by atoms with E-state index in [4.69, 9.17) is 10.5 Å². The van der Waals surface area contributed by atoms with Gasteiger partial charge in [0, 0.05) is 18.1 Å². The average Bonchev–Trinajstić information content (AvgIpc) is 2.44. The first kappa shape index (κ1) is 13.6. The molecular formula is C15H21N3O. The Morgan fingerprint density at radius 1 is 1.21 bits per heavy atom. The van der Waals surface area contributed by atoms with E-state index < -0.39 is 0 Å². The van der Waals surface area contributed by atoms with Crippen molar-refractivity contribution >= 4 is 16.6 Å². The Labute approximate surface area is 114 Å². The minimum absolute atomic E-state index is 0.676. The molecule has 4 heteroatoms. The number of hydrogen-bond acceptors (Lipinski definition) is 4. The Morgan fingerprint density at radius 3 is 2.74 bits per heavy atom. The van der Waals surface area contributed by atoms with Crippen molar-refractivity contribution in [1.29, 1.82) is 0 Å².